The summed E-state index contributed by atoms with van der Waals surface area (Å²) in [6, 6.07) is 5.89. The van der Waals surface area contributed by atoms with Gasteiger partial charge in [0, 0.05) is 63.7 Å². The van der Waals surface area contributed by atoms with E-state index >= 15 is 0 Å². The summed E-state index contributed by atoms with van der Waals surface area (Å²) in [5.41, 5.74) is 8.31. The average Bonchev–Trinajstić information content (AvgIpc) is 2.65. The molecule has 0 spiro atoms. The summed E-state index contributed by atoms with van der Waals surface area (Å²) < 4.78 is 0. The number of piperazine rings is 1. The van der Waals surface area contributed by atoms with E-state index in [-0.39, 0.29) is 0 Å². The van der Waals surface area contributed by atoms with Crippen LogP contribution in [0.2, 0.25) is 0 Å². The minimum atomic E-state index is -0.573. The lowest BCUT2D eigenvalue weighted by Gasteiger charge is -2.34. The third kappa shape index (κ3) is 4.95. The molecule has 1 saturated heterocycles. The SMILES string of the molecule is CCN(CC)c1ccc(NC(=O)C(=O)N2CCN(CCN)CC2)c(C)c1. The summed E-state index contributed by atoms with van der Waals surface area (Å²) in [5, 5.41) is 2.76. The van der Waals surface area contributed by atoms with Crippen molar-refractivity contribution in [3.05, 3.63) is 23.8 Å². The number of carbonyl (C=O) groups excluding carboxylic acids is 2. The van der Waals surface area contributed by atoms with Crippen LogP contribution < -0.4 is 16.0 Å². The number of hydrogen-bond donors (Lipinski definition) is 2. The van der Waals surface area contributed by atoms with Crippen LogP contribution in [0, 0.1) is 6.92 Å². The second kappa shape index (κ2) is 9.54. The number of hydrogen-bond acceptors (Lipinski definition) is 5. The van der Waals surface area contributed by atoms with Gasteiger partial charge >= 0.3 is 11.8 Å². The number of nitrogens with zero attached hydrogens (tertiary/aromatic N) is 3. The van der Waals surface area contributed by atoms with Crippen LogP contribution in [0.4, 0.5) is 11.4 Å². The first-order valence-electron chi connectivity index (χ1n) is 9.38. The first kappa shape index (κ1) is 20.2. The van der Waals surface area contributed by atoms with Crippen molar-refractivity contribution < 1.29 is 9.59 Å². The van der Waals surface area contributed by atoms with Crippen LogP contribution in [0.1, 0.15) is 19.4 Å². The molecule has 1 aromatic rings. The van der Waals surface area contributed by atoms with Gasteiger partial charge in [0.05, 0.1) is 0 Å². The monoisotopic (exact) mass is 361 g/mol. The van der Waals surface area contributed by atoms with Gasteiger partial charge in [-0.1, -0.05) is 0 Å². The summed E-state index contributed by atoms with van der Waals surface area (Å²) in [7, 11) is 0. The van der Waals surface area contributed by atoms with E-state index in [4.69, 9.17) is 5.73 Å². The van der Waals surface area contributed by atoms with E-state index in [1.165, 1.54) is 0 Å². The topological polar surface area (TPSA) is 81.9 Å². The fraction of sp³-hybridized carbons (Fsp3) is 0.579. The Morgan fingerprint density at radius 3 is 2.35 bits per heavy atom. The van der Waals surface area contributed by atoms with Crippen LogP contribution in [0.3, 0.4) is 0 Å². The summed E-state index contributed by atoms with van der Waals surface area (Å²) in [6.45, 7) is 12.1. The van der Waals surface area contributed by atoms with Crippen molar-refractivity contribution in [2.75, 3.05) is 62.6 Å². The molecule has 0 aliphatic carbocycles. The molecule has 7 heteroatoms. The van der Waals surface area contributed by atoms with Gasteiger partial charge in [0.1, 0.15) is 0 Å². The maximum atomic E-state index is 12.4. The van der Waals surface area contributed by atoms with E-state index in [0.717, 1.165) is 44.0 Å². The Balaban J connectivity index is 1.96. The van der Waals surface area contributed by atoms with Gasteiger partial charge in [-0.3, -0.25) is 14.5 Å². The summed E-state index contributed by atoms with van der Waals surface area (Å²) in [5.74, 6) is -1.04. The largest absolute Gasteiger partial charge is 0.372 e. The number of amides is 2. The van der Waals surface area contributed by atoms with Crippen molar-refractivity contribution in [3.8, 4) is 0 Å². The molecule has 2 rings (SSSR count). The van der Waals surface area contributed by atoms with Crippen molar-refractivity contribution in [1.29, 1.82) is 0 Å². The van der Waals surface area contributed by atoms with E-state index in [1.54, 1.807) is 4.90 Å². The Morgan fingerprint density at radius 1 is 1.15 bits per heavy atom. The van der Waals surface area contributed by atoms with Gasteiger partial charge in [-0.05, 0) is 44.5 Å². The number of benzene rings is 1. The highest BCUT2D eigenvalue weighted by Crippen LogP contribution is 2.22. The number of carbonyl (C=O) groups is 2. The van der Waals surface area contributed by atoms with E-state index in [1.807, 2.05) is 25.1 Å². The molecule has 0 radical (unpaired) electrons. The minimum Gasteiger partial charge on any atom is -0.372 e. The molecule has 26 heavy (non-hydrogen) atoms. The molecule has 1 heterocycles. The molecule has 0 atom stereocenters. The second-order valence-electron chi connectivity index (χ2n) is 6.55. The summed E-state index contributed by atoms with van der Waals surface area (Å²) >= 11 is 0. The maximum absolute atomic E-state index is 12.4. The van der Waals surface area contributed by atoms with Crippen molar-refractivity contribution in [2.24, 2.45) is 5.73 Å². The van der Waals surface area contributed by atoms with Crippen LogP contribution in [-0.2, 0) is 9.59 Å². The second-order valence-corrected chi connectivity index (χ2v) is 6.55. The van der Waals surface area contributed by atoms with Crippen LogP contribution in [0.25, 0.3) is 0 Å². The van der Waals surface area contributed by atoms with Crippen molar-refractivity contribution >= 4 is 23.2 Å². The highest BCUT2D eigenvalue weighted by molar-refractivity contribution is 6.39. The van der Waals surface area contributed by atoms with Crippen LogP contribution >= 0.6 is 0 Å². The highest BCUT2D eigenvalue weighted by atomic mass is 16.2. The molecule has 144 valence electrons. The molecular weight excluding hydrogens is 330 g/mol. The zero-order valence-corrected chi connectivity index (χ0v) is 16.1. The van der Waals surface area contributed by atoms with Crippen LogP contribution in [-0.4, -0.2) is 74.0 Å². The molecule has 0 unspecified atom stereocenters. The molecule has 0 aromatic heterocycles. The minimum absolute atomic E-state index is 0.468. The third-order valence-electron chi connectivity index (χ3n) is 4.89. The Kier molecular flexibility index (Phi) is 7.41. The van der Waals surface area contributed by atoms with Gasteiger partial charge < -0.3 is 20.9 Å². The Morgan fingerprint density at radius 2 is 1.81 bits per heavy atom. The highest BCUT2D eigenvalue weighted by Gasteiger charge is 2.26. The molecule has 0 bridgehead atoms. The van der Waals surface area contributed by atoms with Gasteiger partial charge in [0.25, 0.3) is 0 Å². The Labute approximate surface area is 156 Å². The standard InChI is InChI=1S/C19H31N5O2/c1-4-23(5-2)16-6-7-17(15(3)14-16)21-18(25)19(26)24-12-10-22(9-8-20)11-13-24/h6-7,14H,4-5,8-13,20H2,1-3H3,(H,21,25). The van der Waals surface area contributed by atoms with Gasteiger partial charge in [-0.2, -0.15) is 0 Å². The number of nitrogens with two attached hydrogens (primary N) is 1. The van der Waals surface area contributed by atoms with Gasteiger partial charge in [-0.25, -0.2) is 0 Å². The third-order valence-corrected chi connectivity index (χ3v) is 4.89. The quantitative estimate of drug-likeness (QED) is 0.735. The molecule has 1 aromatic carbocycles. The summed E-state index contributed by atoms with van der Waals surface area (Å²) in [4.78, 5) is 30.8. The number of aryl methyl sites for hydroxylation is 1. The Hall–Kier alpha value is -2.12. The van der Waals surface area contributed by atoms with Gasteiger partial charge in [0.2, 0.25) is 0 Å². The molecule has 1 aliphatic heterocycles. The molecule has 2 amide bonds. The van der Waals surface area contributed by atoms with Crippen LogP contribution in [0.5, 0.6) is 0 Å². The van der Waals surface area contributed by atoms with E-state index in [9.17, 15) is 9.59 Å². The lowest BCUT2D eigenvalue weighted by Crippen LogP contribution is -2.52. The predicted octanol–water partition coefficient (Wildman–Crippen LogP) is 0.883. The maximum Gasteiger partial charge on any atom is 0.313 e. The molecule has 0 saturated carbocycles. The number of anilines is 2. The Bertz CT molecular complexity index is 622. The molecule has 3 N–H and O–H groups in total. The van der Waals surface area contributed by atoms with Gasteiger partial charge in [-0.15, -0.1) is 0 Å². The lowest BCUT2D eigenvalue weighted by molar-refractivity contribution is -0.144. The van der Waals surface area contributed by atoms with Crippen molar-refractivity contribution in [1.82, 2.24) is 9.80 Å². The lowest BCUT2D eigenvalue weighted by atomic mass is 10.1. The molecule has 1 aliphatic rings. The fourth-order valence-corrected chi connectivity index (χ4v) is 3.25. The first-order chi connectivity index (χ1) is 12.5. The molecule has 7 nitrogen and oxygen atoms in total. The first-order valence-corrected chi connectivity index (χ1v) is 9.38. The summed E-state index contributed by atoms with van der Waals surface area (Å²) in [6.07, 6.45) is 0. The zero-order chi connectivity index (χ0) is 19.1. The zero-order valence-electron chi connectivity index (χ0n) is 16.1. The van der Waals surface area contributed by atoms with Crippen molar-refractivity contribution in [2.45, 2.75) is 20.8 Å². The fourth-order valence-electron chi connectivity index (χ4n) is 3.25. The smallest absolute Gasteiger partial charge is 0.313 e. The normalized spacial score (nSPS) is 15.0. The van der Waals surface area contributed by atoms with Crippen molar-refractivity contribution in [3.63, 3.8) is 0 Å². The average molecular weight is 361 g/mol. The van der Waals surface area contributed by atoms with E-state index < -0.39 is 11.8 Å². The van der Waals surface area contributed by atoms with E-state index in [2.05, 4.69) is 29.0 Å². The van der Waals surface area contributed by atoms with Crippen LogP contribution in [0.15, 0.2) is 18.2 Å². The van der Waals surface area contributed by atoms with E-state index in [0.29, 0.717) is 25.3 Å². The molecular formula is C19H31N5O2. The molecule has 1 fully saturated rings. The number of rotatable bonds is 6. The predicted molar refractivity (Wildman–Crippen MR) is 105 cm³/mol. The van der Waals surface area contributed by atoms with Gasteiger partial charge in [0.15, 0.2) is 0 Å². The number of nitrogens with one attached hydrogen (secondary N) is 1.